The predicted octanol–water partition coefficient (Wildman–Crippen LogP) is 3.25. The maximum absolute atomic E-state index is 13.7. The van der Waals surface area contributed by atoms with Crippen LogP contribution >= 0.6 is 0 Å². The van der Waals surface area contributed by atoms with E-state index in [9.17, 15) is 14.7 Å². The largest absolute Gasteiger partial charge is 0.396 e. The number of rotatable bonds is 4. The molecule has 4 aliphatic rings. The van der Waals surface area contributed by atoms with E-state index in [0.717, 1.165) is 37.8 Å². The molecule has 0 amide bonds. The van der Waals surface area contributed by atoms with E-state index in [4.69, 9.17) is 10.6 Å². The summed E-state index contributed by atoms with van der Waals surface area (Å²) in [6.45, 7) is 9.11. The van der Waals surface area contributed by atoms with Crippen molar-refractivity contribution in [3.8, 4) is 0 Å². The molecule has 6 atom stereocenters. The van der Waals surface area contributed by atoms with E-state index in [0.29, 0.717) is 38.2 Å². The normalized spacial score (nSPS) is 46.3. The van der Waals surface area contributed by atoms with Crippen LogP contribution in [0.25, 0.3) is 0 Å². The van der Waals surface area contributed by atoms with Crippen molar-refractivity contribution in [1.29, 1.82) is 0 Å². The van der Waals surface area contributed by atoms with Crippen LogP contribution < -0.4 is 5.73 Å². The minimum atomic E-state index is -1.47. The predicted molar refractivity (Wildman–Crippen MR) is 115 cm³/mol. The molecule has 168 valence electrons. The molecular formula is C24H38N2O4. The second kappa shape index (κ2) is 7.13. The van der Waals surface area contributed by atoms with E-state index in [1.807, 2.05) is 13.8 Å². The molecule has 30 heavy (non-hydrogen) atoms. The minimum absolute atomic E-state index is 0.0748. The molecule has 0 heterocycles. The highest BCUT2D eigenvalue weighted by Gasteiger charge is 2.72. The highest BCUT2D eigenvalue weighted by atomic mass is 16.6. The lowest BCUT2D eigenvalue weighted by Crippen LogP contribution is -2.73. The Morgan fingerprint density at radius 2 is 1.80 bits per heavy atom. The van der Waals surface area contributed by atoms with Crippen molar-refractivity contribution >= 4 is 17.3 Å². The number of fused-ring (bicyclic) bond motifs is 5. The van der Waals surface area contributed by atoms with Crippen molar-refractivity contribution in [2.45, 2.75) is 84.7 Å². The van der Waals surface area contributed by atoms with Crippen LogP contribution in [0.5, 0.6) is 0 Å². The molecule has 0 aliphatic heterocycles. The van der Waals surface area contributed by atoms with Crippen LogP contribution in [0.3, 0.4) is 0 Å². The van der Waals surface area contributed by atoms with Gasteiger partial charge in [0.2, 0.25) is 0 Å². The molecule has 4 aliphatic carbocycles. The average molecular weight is 419 g/mol. The fourth-order valence-corrected chi connectivity index (χ4v) is 7.84. The van der Waals surface area contributed by atoms with Gasteiger partial charge in [0.1, 0.15) is 18.0 Å². The van der Waals surface area contributed by atoms with Crippen molar-refractivity contribution in [2.75, 3.05) is 13.2 Å². The van der Waals surface area contributed by atoms with Gasteiger partial charge in [-0.25, -0.2) is 0 Å². The molecule has 4 fully saturated rings. The summed E-state index contributed by atoms with van der Waals surface area (Å²) in [5.74, 6) is 1.02. The zero-order valence-electron chi connectivity index (χ0n) is 19.0. The van der Waals surface area contributed by atoms with E-state index < -0.39 is 16.4 Å². The van der Waals surface area contributed by atoms with Crippen molar-refractivity contribution in [3.63, 3.8) is 0 Å². The topological polar surface area (TPSA) is 102 Å². The second-order valence-electron chi connectivity index (χ2n) is 11.2. The molecule has 0 aromatic carbocycles. The van der Waals surface area contributed by atoms with Crippen molar-refractivity contribution in [2.24, 2.45) is 44.9 Å². The number of nitrogens with zero attached hydrogens (tertiary/aromatic N) is 1. The highest BCUT2D eigenvalue weighted by molar-refractivity contribution is 6.02. The number of aliphatic hydroxyl groups is 1. The van der Waals surface area contributed by atoms with Crippen LogP contribution in [-0.2, 0) is 14.4 Å². The first-order valence-electron chi connectivity index (χ1n) is 11.7. The fraction of sp³-hybridized carbons (Fsp3) is 0.875. The monoisotopic (exact) mass is 418 g/mol. The first kappa shape index (κ1) is 21.9. The lowest BCUT2D eigenvalue weighted by molar-refractivity contribution is -0.217. The molecule has 0 radical (unpaired) electrons. The van der Waals surface area contributed by atoms with Crippen molar-refractivity contribution in [3.05, 3.63) is 0 Å². The van der Waals surface area contributed by atoms with Crippen LogP contribution in [0.4, 0.5) is 0 Å². The Kier molecular flexibility index (Phi) is 5.21. The number of nitrogens with two attached hydrogens (primary N) is 1. The van der Waals surface area contributed by atoms with Gasteiger partial charge >= 0.3 is 0 Å². The third kappa shape index (κ3) is 2.65. The molecule has 0 aromatic rings. The number of carbonyl (C=O) groups excluding carboxylic acids is 2. The number of carbonyl (C=O) groups is 2. The maximum Gasteiger partial charge on any atom is 0.166 e. The summed E-state index contributed by atoms with van der Waals surface area (Å²) in [4.78, 5) is 31.8. The van der Waals surface area contributed by atoms with Gasteiger partial charge in [-0.05, 0) is 62.8 Å². The molecule has 6 nitrogen and oxygen atoms in total. The van der Waals surface area contributed by atoms with E-state index >= 15 is 0 Å². The Morgan fingerprint density at radius 3 is 2.50 bits per heavy atom. The molecule has 6 heteroatoms. The van der Waals surface area contributed by atoms with Gasteiger partial charge in [0, 0.05) is 29.1 Å². The van der Waals surface area contributed by atoms with Crippen molar-refractivity contribution < 1.29 is 19.5 Å². The SMILES string of the molecule is CC1(C)/C(=N/OCCCN)CC[C@]2(C)[C@H]3CC[C@]4(C)C(=O)CC[C@H]4[C@@H]3CC(=O)[C@@]12O. The van der Waals surface area contributed by atoms with Crippen LogP contribution in [0.1, 0.15) is 79.1 Å². The Morgan fingerprint density at radius 1 is 1.07 bits per heavy atom. The summed E-state index contributed by atoms with van der Waals surface area (Å²) in [6.07, 6.45) is 5.84. The van der Waals surface area contributed by atoms with E-state index in [1.54, 1.807) is 0 Å². The van der Waals surface area contributed by atoms with Crippen LogP contribution in [0.15, 0.2) is 5.16 Å². The van der Waals surface area contributed by atoms with Gasteiger partial charge < -0.3 is 15.7 Å². The number of hydrogen-bond donors (Lipinski definition) is 2. The van der Waals surface area contributed by atoms with Crippen molar-refractivity contribution in [1.82, 2.24) is 0 Å². The maximum atomic E-state index is 13.7. The van der Waals surface area contributed by atoms with Gasteiger partial charge in [0.05, 0.1) is 5.71 Å². The molecule has 4 rings (SSSR count). The summed E-state index contributed by atoms with van der Waals surface area (Å²) in [5.41, 5.74) is 3.24. The van der Waals surface area contributed by atoms with Gasteiger partial charge in [0.25, 0.3) is 0 Å². The zero-order chi connectivity index (χ0) is 21.9. The molecule has 0 bridgehead atoms. The summed E-state index contributed by atoms with van der Waals surface area (Å²) in [5, 5.41) is 16.5. The van der Waals surface area contributed by atoms with Crippen LogP contribution in [0, 0.1) is 34.0 Å². The number of ketones is 2. The summed E-state index contributed by atoms with van der Waals surface area (Å²) >= 11 is 0. The minimum Gasteiger partial charge on any atom is -0.396 e. The number of oxime groups is 1. The molecule has 0 unspecified atom stereocenters. The Balaban J connectivity index is 1.68. The van der Waals surface area contributed by atoms with Gasteiger partial charge in [0.15, 0.2) is 5.78 Å². The van der Waals surface area contributed by atoms with Gasteiger partial charge in [-0.15, -0.1) is 0 Å². The summed E-state index contributed by atoms with van der Waals surface area (Å²) in [6, 6.07) is 0. The van der Waals surface area contributed by atoms with Gasteiger partial charge in [-0.1, -0.05) is 32.9 Å². The molecule has 4 saturated carbocycles. The molecular weight excluding hydrogens is 380 g/mol. The lowest BCUT2D eigenvalue weighted by Gasteiger charge is -2.65. The summed E-state index contributed by atoms with van der Waals surface area (Å²) in [7, 11) is 0. The Labute approximate surface area is 180 Å². The quantitative estimate of drug-likeness (QED) is 0.539. The van der Waals surface area contributed by atoms with E-state index in [1.165, 1.54) is 0 Å². The summed E-state index contributed by atoms with van der Waals surface area (Å²) < 4.78 is 0. The van der Waals surface area contributed by atoms with Crippen LogP contribution in [-0.4, -0.2) is 41.1 Å². The van der Waals surface area contributed by atoms with E-state index in [2.05, 4.69) is 19.0 Å². The Hall–Kier alpha value is -1.27. The van der Waals surface area contributed by atoms with Gasteiger partial charge in [-0.2, -0.15) is 0 Å². The zero-order valence-corrected chi connectivity index (χ0v) is 19.0. The number of hydrogen-bond acceptors (Lipinski definition) is 6. The molecule has 0 aromatic heterocycles. The second-order valence-corrected chi connectivity index (χ2v) is 11.2. The smallest absolute Gasteiger partial charge is 0.166 e. The van der Waals surface area contributed by atoms with Crippen LogP contribution in [0.2, 0.25) is 0 Å². The van der Waals surface area contributed by atoms with E-state index in [-0.39, 0.29) is 29.0 Å². The third-order valence-electron chi connectivity index (χ3n) is 9.74. The standard InChI is InChI=1S/C24H38N2O4/c1-21(2)18(26-30-13-5-12-25)9-11-23(4)17-8-10-22(3)16(6-7-19(22)27)15(17)14-20(28)24(21,23)29/h15-17,29H,5-14,25H2,1-4H3/b26-18+/t15-,16-,17-,22-,23+,24+/m0/s1. The molecule has 3 N–H and O–H groups in total. The molecule has 0 saturated heterocycles. The first-order valence-corrected chi connectivity index (χ1v) is 11.7. The number of Topliss-reactive ketones (excluding diaryl/α,β-unsaturated/α-hetero) is 2. The lowest BCUT2D eigenvalue weighted by atomic mass is 9.39. The average Bonchev–Trinajstić information content (AvgIpc) is 2.99. The molecule has 0 spiro atoms. The fourth-order valence-electron chi connectivity index (χ4n) is 7.84. The third-order valence-corrected chi connectivity index (χ3v) is 9.74. The highest BCUT2D eigenvalue weighted by Crippen LogP contribution is 2.68. The first-order chi connectivity index (χ1) is 14.0. The Bertz CT molecular complexity index is 777. The van der Waals surface area contributed by atoms with Gasteiger partial charge in [-0.3, -0.25) is 9.59 Å².